The monoisotopic (exact) mass is 458 g/mol. The molecule has 30 heavy (non-hydrogen) atoms. The summed E-state index contributed by atoms with van der Waals surface area (Å²) in [5.74, 6) is 0.176. The molecule has 0 aliphatic rings. The zero-order chi connectivity index (χ0) is 21.1. The molecule has 4 heterocycles. The molecule has 0 radical (unpaired) electrons. The molecule has 0 saturated carbocycles. The van der Waals surface area contributed by atoms with Crippen LogP contribution in [0.2, 0.25) is 0 Å². The number of aromatic amines is 1. The first kappa shape index (κ1) is 20.3. The van der Waals surface area contributed by atoms with Crippen LogP contribution in [0.1, 0.15) is 22.0 Å². The molecule has 3 N–H and O–H groups in total. The Labute approximate surface area is 183 Å². The van der Waals surface area contributed by atoms with Crippen LogP contribution in [0.25, 0.3) is 0 Å². The molecule has 0 spiro atoms. The number of anilines is 1. The third kappa shape index (κ3) is 4.93. The van der Waals surface area contributed by atoms with Crippen molar-refractivity contribution in [3.05, 3.63) is 47.7 Å². The van der Waals surface area contributed by atoms with Crippen molar-refractivity contribution in [3.63, 3.8) is 0 Å². The maximum absolute atomic E-state index is 12.9. The topological polar surface area (TPSA) is 142 Å². The quantitative estimate of drug-likeness (QED) is 0.394. The highest BCUT2D eigenvalue weighted by Crippen LogP contribution is 2.33. The molecule has 0 fully saturated rings. The minimum Gasteiger partial charge on any atom is -0.479 e. The first-order chi connectivity index (χ1) is 14.5. The summed E-state index contributed by atoms with van der Waals surface area (Å²) >= 11 is 3.62. The number of nitrogens with one attached hydrogen (secondary N) is 2. The Morgan fingerprint density at radius 2 is 2.00 bits per heavy atom. The van der Waals surface area contributed by atoms with Gasteiger partial charge in [0.05, 0.1) is 0 Å². The maximum Gasteiger partial charge on any atom is 0.312 e. The number of hydrogen-bond acceptors (Lipinski definition) is 11. The summed E-state index contributed by atoms with van der Waals surface area (Å²) < 4.78 is 4.07. The summed E-state index contributed by atoms with van der Waals surface area (Å²) in [5, 5.41) is 20.6. The van der Waals surface area contributed by atoms with Crippen molar-refractivity contribution < 1.29 is 9.90 Å². The number of aromatic nitrogens is 7. The molecule has 0 aliphatic carbocycles. The Morgan fingerprint density at radius 1 is 1.13 bits per heavy atom. The highest BCUT2D eigenvalue weighted by atomic mass is 32.2. The second-order valence-corrected chi connectivity index (χ2v) is 8.77. The number of carbonyl (C=O) groups excluding carboxylic acids is 1. The fraction of sp³-hybridized carbons (Fsp3) is 0.118. The highest BCUT2D eigenvalue weighted by molar-refractivity contribution is 7.99. The van der Waals surface area contributed by atoms with Crippen LogP contribution >= 0.6 is 35.1 Å². The van der Waals surface area contributed by atoms with E-state index in [-0.39, 0.29) is 11.7 Å². The van der Waals surface area contributed by atoms with E-state index >= 15 is 0 Å². The number of H-pyrrole nitrogens is 1. The SMILES string of the molecule is Cc1ccc(Sc2ccc(Sc3nnc(O)[nH]3)nc2C(=O)Nc2nc(C)ns2)cn1. The summed E-state index contributed by atoms with van der Waals surface area (Å²) in [6.45, 7) is 3.66. The van der Waals surface area contributed by atoms with Crippen LogP contribution in [0.15, 0.2) is 50.4 Å². The van der Waals surface area contributed by atoms with Crippen LogP contribution in [0.3, 0.4) is 0 Å². The smallest absolute Gasteiger partial charge is 0.312 e. The van der Waals surface area contributed by atoms with Crippen LogP contribution in [0.5, 0.6) is 6.01 Å². The summed E-state index contributed by atoms with van der Waals surface area (Å²) in [7, 11) is 0. The fourth-order valence-electron chi connectivity index (χ4n) is 2.26. The molecule has 1 amide bonds. The van der Waals surface area contributed by atoms with Gasteiger partial charge in [-0.15, -0.1) is 5.10 Å². The molecule has 0 bridgehead atoms. The van der Waals surface area contributed by atoms with E-state index in [2.05, 4.69) is 39.8 Å². The minimum absolute atomic E-state index is 0.224. The lowest BCUT2D eigenvalue weighted by atomic mass is 10.3. The number of amides is 1. The molecule has 0 aromatic carbocycles. The average Bonchev–Trinajstić information content (AvgIpc) is 3.32. The number of carbonyl (C=O) groups is 1. The Balaban J connectivity index is 1.64. The van der Waals surface area contributed by atoms with E-state index in [4.69, 9.17) is 0 Å². The van der Waals surface area contributed by atoms with E-state index in [1.807, 2.05) is 19.1 Å². The van der Waals surface area contributed by atoms with E-state index in [1.165, 1.54) is 11.8 Å². The van der Waals surface area contributed by atoms with Crippen molar-refractivity contribution in [3.8, 4) is 6.01 Å². The van der Waals surface area contributed by atoms with E-state index in [0.717, 1.165) is 33.9 Å². The molecule has 4 aromatic heterocycles. The third-order valence-electron chi connectivity index (χ3n) is 3.56. The molecule has 152 valence electrons. The van der Waals surface area contributed by atoms with Gasteiger partial charge in [0.1, 0.15) is 16.5 Å². The first-order valence-electron chi connectivity index (χ1n) is 8.49. The number of nitrogens with zero attached hydrogens (tertiary/aromatic N) is 6. The standard InChI is InChI=1S/C17H14N8O2S3/c1-8-3-4-10(7-18-8)28-11-5-6-12(29-17-22-15(27)23-24-17)20-13(11)14(26)21-16-19-9(2)25-30-16/h3-7H,1-2H3,(H,19,21,25,26)(H2,22,23,24,27). The number of pyridine rings is 2. The van der Waals surface area contributed by atoms with Gasteiger partial charge < -0.3 is 5.11 Å². The van der Waals surface area contributed by atoms with Gasteiger partial charge in [0.15, 0.2) is 5.16 Å². The average molecular weight is 459 g/mol. The molecule has 0 aliphatic heterocycles. The van der Waals surface area contributed by atoms with Gasteiger partial charge >= 0.3 is 6.01 Å². The zero-order valence-electron chi connectivity index (χ0n) is 15.7. The van der Waals surface area contributed by atoms with Crippen LogP contribution < -0.4 is 5.32 Å². The maximum atomic E-state index is 12.9. The molecule has 0 unspecified atom stereocenters. The lowest BCUT2D eigenvalue weighted by molar-refractivity contribution is 0.101. The second kappa shape index (κ2) is 8.77. The van der Waals surface area contributed by atoms with Crippen molar-refractivity contribution in [2.24, 2.45) is 0 Å². The van der Waals surface area contributed by atoms with Gasteiger partial charge in [0.2, 0.25) is 5.13 Å². The van der Waals surface area contributed by atoms with Crippen molar-refractivity contribution in [2.45, 2.75) is 33.8 Å². The molecule has 4 rings (SSSR count). The summed E-state index contributed by atoms with van der Waals surface area (Å²) in [5.41, 5.74) is 1.13. The minimum atomic E-state index is -0.406. The normalized spacial score (nSPS) is 10.9. The largest absolute Gasteiger partial charge is 0.479 e. The molecule has 0 saturated heterocycles. The van der Waals surface area contributed by atoms with E-state index in [0.29, 0.717) is 26.0 Å². The van der Waals surface area contributed by atoms with Gasteiger partial charge in [-0.05, 0) is 49.9 Å². The second-order valence-electron chi connectivity index (χ2n) is 5.89. The van der Waals surface area contributed by atoms with Crippen LogP contribution in [-0.4, -0.2) is 45.5 Å². The molecule has 10 nitrogen and oxygen atoms in total. The number of rotatable bonds is 6. The molecule has 13 heteroatoms. The Hall–Kier alpha value is -3.03. The van der Waals surface area contributed by atoms with E-state index < -0.39 is 5.91 Å². The number of hydrogen-bond donors (Lipinski definition) is 3. The van der Waals surface area contributed by atoms with Crippen molar-refractivity contribution in [1.29, 1.82) is 0 Å². The van der Waals surface area contributed by atoms with Gasteiger partial charge in [-0.2, -0.15) is 4.37 Å². The van der Waals surface area contributed by atoms with Crippen molar-refractivity contribution in [1.82, 2.24) is 34.5 Å². The predicted molar refractivity (Wildman–Crippen MR) is 112 cm³/mol. The Bertz CT molecular complexity index is 1190. The predicted octanol–water partition coefficient (Wildman–Crippen LogP) is 3.32. The first-order valence-corrected chi connectivity index (χ1v) is 10.9. The molecule has 0 atom stereocenters. The van der Waals surface area contributed by atoms with Gasteiger partial charge in [-0.25, -0.2) is 9.97 Å². The van der Waals surface area contributed by atoms with Crippen molar-refractivity contribution in [2.75, 3.05) is 5.32 Å². The number of aryl methyl sites for hydroxylation is 2. The zero-order valence-corrected chi connectivity index (χ0v) is 18.1. The molecular weight excluding hydrogens is 444 g/mol. The third-order valence-corrected chi connectivity index (χ3v) is 6.13. The van der Waals surface area contributed by atoms with Gasteiger partial charge in [0, 0.05) is 33.2 Å². The highest BCUT2D eigenvalue weighted by Gasteiger charge is 2.18. The number of aromatic hydroxyl groups is 1. The lowest BCUT2D eigenvalue weighted by Gasteiger charge is -2.09. The summed E-state index contributed by atoms with van der Waals surface area (Å²) in [4.78, 5) is 30.0. The van der Waals surface area contributed by atoms with Crippen LogP contribution in [0.4, 0.5) is 5.13 Å². The fourth-order valence-corrected chi connectivity index (χ4v) is 4.39. The van der Waals surface area contributed by atoms with E-state index in [1.54, 1.807) is 25.3 Å². The summed E-state index contributed by atoms with van der Waals surface area (Å²) in [6.07, 6.45) is 1.75. The summed E-state index contributed by atoms with van der Waals surface area (Å²) in [6, 6.07) is 7.11. The molecular formula is C17H14N8O2S3. The van der Waals surface area contributed by atoms with Crippen molar-refractivity contribution >= 4 is 46.1 Å². The van der Waals surface area contributed by atoms with Gasteiger partial charge in [-0.1, -0.05) is 16.9 Å². The van der Waals surface area contributed by atoms with Gasteiger partial charge in [0.25, 0.3) is 5.91 Å². The molecule has 4 aromatic rings. The Morgan fingerprint density at radius 3 is 2.67 bits per heavy atom. The Kier molecular flexibility index (Phi) is 5.92. The van der Waals surface area contributed by atoms with Gasteiger partial charge in [-0.3, -0.25) is 20.1 Å². The van der Waals surface area contributed by atoms with Crippen LogP contribution in [-0.2, 0) is 0 Å². The lowest BCUT2D eigenvalue weighted by Crippen LogP contribution is -2.15. The van der Waals surface area contributed by atoms with Crippen LogP contribution in [0, 0.1) is 13.8 Å². The van der Waals surface area contributed by atoms with E-state index in [9.17, 15) is 9.90 Å².